The number of aliphatic carboxylic acids is 2. The average Bonchev–Trinajstić information content (AvgIpc) is 2.32. The monoisotopic (exact) mass is 314 g/mol. The van der Waals surface area contributed by atoms with Crippen LogP contribution in [0.4, 0.5) is 0 Å². The van der Waals surface area contributed by atoms with Gasteiger partial charge in [0.2, 0.25) is 0 Å². The Morgan fingerprint density at radius 1 is 0.810 bits per heavy atom. The molecule has 21 heavy (non-hydrogen) atoms. The summed E-state index contributed by atoms with van der Waals surface area (Å²) in [4.78, 5) is 41.0. The van der Waals surface area contributed by atoms with Gasteiger partial charge in [-0.05, 0) is 27.7 Å². The van der Waals surface area contributed by atoms with E-state index in [-0.39, 0.29) is 36.3 Å². The van der Waals surface area contributed by atoms with E-state index in [0.717, 1.165) is 13.8 Å². The van der Waals surface area contributed by atoms with Gasteiger partial charge in [0.15, 0.2) is 23.8 Å². The van der Waals surface area contributed by atoms with E-state index in [0.29, 0.717) is 0 Å². The first-order chi connectivity index (χ1) is 9.18. The number of carboxylic acid groups (broad SMARTS) is 2. The van der Waals surface area contributed by atoms with Gasteiger partial charge in [0, 0.05) is 13.2 Å². The van der Waals surface area contributed by atoms with E-state index in [4.69, 9.17) is 0 Å². The SMILES string of the molecule is CCOC(C(C)=O)C(=O)[O-].CCOC(C(C)=O)C(=O)[O-].[Mg+2]. The minimum atomic E-state index is -1.48. The van der Waals surface area contributed by atoms with Gasteiger partial charge >= 0.3 is 23.1 Å². The first-order valence-corrected chi connectivity index (χ1v) is 5.84. The molecule has 0 aliphatic heterocycles. The van der Waals surface area contributed by atoms with Gasteiger partial charge in [-0.1, -0.05) is 0 Å². The fraction of sp³-hybridized carbons (Fsp3) is 0.667. The van der Waals surface area contributed by atoms with Crippen molar-refractivity contribution in [1.82, 2.24) is 0 Å². The summed E-state index contributed by atoms with van der Waals surface area (Å²) in [6.45, 7) is 5.90. The minimum absolute atomic E-state index is 0. The zero-order valence-corrected chi connectivity index (χ0v) is 14.0. The summed E-state index contributed by atoms with van der Waals surface area (Å²) in [7, 11) is 0. The van der Waals surface area contributed by atoms with Crippen molar-refractivity contribution in [3.63, 3.8) is 0 Å². The number of ether oxygens (including phenoxy) is 2. The number of ketones is 2. The second-order valence-electron chi connectivity index (χ2n) is 3.53. The van der Waals surface area contributed by atoms with E-state index in [9.17, 15) is 29.4 Å². The normalized spacial score (nSPS) is 12.0. The van der Waals surface area contributed by atoms with Gasteiger partial charge in [-0.3, -0.25) is 9.59 Å². The molecular formula is C12H18MgO8. The molecule has 0 amide bonds. The summed E-state index contributed by atoms with van der Waals surface area (Å²) in [5.41, 5.74) is 0. The van der Waals surface area contributed by atoms with Crippen LogP contribution in [0.3, 0.4) is 0 Å². The Labute approximate surface area is 138 Å². The summed E-state index contributed by atoms with van der Waals surface area (Å²) in [5.74, 6) is -4.03. The maximum absolute atomic E-state index is 10.4. The third kappa shape index (κ3) is 12.4. The molecule has 0 aromatic carbocycles. The molecule has 2 atom stereocenters. The van der Waals surface area contributed by atoms with Gasteiger partial charge < -0.3 is 29.3 Å². The van der Waals surface area contributed by atoms with Gasteiger partial charge in [0.25, 0.3) is 0 Å². The van der Waals surface area contributed by atoms with Crippen LogP contribution in [0.2, 0.25) is 0 Å². The van der Waals surface area contributed by atoms with Crippen LogP contribution in [-0.2, 0) is 28.7 Å². The Hall–Kier alpha value is -1.03. The molecule has 0 saturated heterocycles. The number of hydrogen-bond donors (Lipinski definition) is 0. The molecular weight excluding hydrogens is 296 g/mol. The van der Waals surface area contributed by atoms with Crippen molar-refractivity contribution < 1.29 is 38.9 Å². The molecule has 0 N–H and O–H groups in total. The number of carboxylic acids is 2. The Kier molecular flexibility index (Phi) is 16.5. The molecule has 0 fully saturated rings. The fourth-order valence-electron chi connectivity index (χ4n) is 1.04. The van der Waals surface area contributed by atoms with Crippen molar-refractivity contribution >= 4 is 46.6 Å². The first kappa shape index (κ1) is 25.0. The molecule has 0 spiro atoms. The topological polar surface area (TPSA) is 133 Å². The van der Waals surface area contributed by atoms with Crippen LogP contribution in [0, 0.1) is 0 Å². The zero-order chi connectivity index (χ0) is 16.3. The van der Waals surface area contributed by atoms with Crippen LogP contribution in [0.15, 0.2) is 0 Å². The summed E-state index contributed by atoms with van der Waals surface area (Å²) >= 11 is 0. The molecule has 0 aliphatic carbocycles. The second-order valence-corrected chi connectivity index (χ2v) is 3.53. The van der Waals surface area contributed by atoms with E-state index in [1.54, 1.807) is 13.8 Å². The molecule has 0 radical (unpaired) electrons. The van der Waals surface area contributed by atoms with Crippen molar-refractivity contribution in [2.45, 2.75) is 39.9 Å². The molecule has 0 saturated carbocycles. The smallest absolute Gasteiger partial charge is 0.547 e. The second kappa shape index (κ2) is 13.9. The maximum atomic E-state index is 10.4. The van der Waals surface area contributed by atoms with E-state index in [1.807, 2.05) is 0 Å². The van der Waals surface area contributed by atoms with Crippen molar-refractivity contribution in [3.05, 3.63) is 0 Å². The van der Waals surface area contributed by atoms with Crippen LogP contribution < -0.4 is 10.2 Å². The average molecular weight is 315 g/mol. The minimum Gasteiger partial charge on any atom is -0.547 e. The van der Waals surface area contributed by atoms with Gasteiger partial charge in [-0.25, -0.2) is 0 Å². The maximum Gasteiger partial charge on any atom is 2.00 e. The predicted molar refractivity (Wildman–Crippen MR) is 68.0 cm³/mol. The molecule has 0 aromatic rings. The van der Waals surface area contributed by atoms with Crippen LogP contribution in [0.1, 0.15) is 27.7 Å². The standard InChI is InChI=1S/2C6H10O4.Mg/c2*1-3-10-5(4(2)7)6(8)9;/h2*5H,3H2,1-2H3,(H,8,9);/q;;+2/p-2. The molecule has 0 bridgehead atoms. The van der Waals surface area contributed by atoms with E-state index in [2.05, 4.69) is 9.47 Å². The first-order valence-electron chi connectivity index (χ1n) is 5.84. The van der Waals surface area contributed by atoms with Gasteiger partial charge in [0.05, 0.1) is 11.9 Å². The molecule has 8 nitrogen and oxygen atoms in total. The van der Waals surface area contributed by atoms with Crippen LogP contribution in [0.25, 0.3) is 0 Å². The molecule has 116 valence electrons. The number of carbonyl (C=O) groups excluding carboxylic acids is 4. The van der Waals surface area contributed by atoms with Crippen LogP contribution in [0.5, 0.6) is 0 Å². The molecule has 0 heterocycles. The Bertz CT molecular complexity index is 293. The Morgan fingerprint density at radius 3 is 1.10 bits per heavy atom. The summed E-state index contributed by atoms with van der Waals surface area (Å²) in [5, 5.41) is 20.1. The number of Topliss-reactive ketones (excluding diaryl/α,β-unsaturated/α-hetero) is 2. The van der Waals surface area contributed by atoms with Gasteiger partial charge in [0.1, 0.15) is 0 Å². The summed E-state index contributed by atoms with van der Waals surface area (Å²) in [6.07, 6.45) is -2.80. The molecule has 2 unspecified atom stereocenters. The molecule has 9 heteroatoms. The molecule has 0 rings (SSSR count). The number of carbonyl (C=O) groups is 4. The van der Waals surface area contributed by atoms with Crippen molar-refractivity contribution in [2.75, 3.05) is 13.2 Å². The number of hydrogen-bond acceptors (Lipinski definition) is 8. The fourth-order valence-corrected chi connectivity index (χ4v) is 1.04. The Morgan fingerprint density at radius 2 is 1.05 bits per heavy atom. The van der Waals surface area contributed by atoms with Crippen LogP contribution >= 0.6 is 0 Å². The summed E-state index contributed by atoms with van der Waals surface area (Å²) in [6, 6.07) is 0. The van der Waals surface area contributed by atoms with Crippen LogP contribution in [-0.4, -0.2) is 72.0 Å². The van der Waals surface area contributed by atoms with E-state index >= 15 is 0 Å². The van der Waals surface area contributed by atoms with Crippen molar-refractivity contribution in [2.24, 2.45) is 0 Å². The Balaban J connectivity index is -0.000000295. The summed E-state index contributed by atoms with van der Waals surface area (Å²) < 4.78 is 9.11. The third-order valence-corrected chi connectivity index (χ3v) is 1.83. The zero-order valence-electron chi connectivity index (χ0n) is 12.5. The predicted octanol–water partition coefficient (Wildman–Crippen LogP) is -2.92. The van der Waals surface area contributed by atoms with E-state index in [1.165, 1.54) is 0 Å². The largest absolute Gasteiger partial charge is 2.00 e. The third-order valence-electron chi connectivity index (χ3n) is 1.83. The number of rotatable bonds is 8. The van der Waals surface area contributed by atoms with Gasteiger partial charge in [-0.15, -0.1) is 0 Å². The van der Waals surface area contributed by atoms with Crippen molar-refractivity contribution in [1.29, 1.82) is 0 Å². The molecule has 0 aromatic heterocycles. The van der Waals surface area contributed by atoms with Gasteiger partial charge in [-0.2, -0.15) is 0 Å². The van der Waals surface area contributed by atoms with E-state index < -0.39 is 35.7 Å². The molecule has 0 aliphatic rings. The van der Waals surface area contributed by atoms with Crippen molar-refractivity contribution in [3.8, 4) is 0 Å². The quantitative estimate of drug-likeness (QED) is 0.344.